The number of carboxylic acids is 1. The van der Waals surface area contributed by atoms with Gasteiger partial charge in [0.15, 0.2) is 0 Å². The molecule has 182 valence electrons. The second-order valence-corrected chi connectivity index (χ2v) is 9.25. The summed E-state index contributed by atoms with van der Waals surface area (Å²) in [5.41, 5.74) is 0. The zero-order valence-corrected chi connectivity index (χ0v) is 21.6. The molecular formula is C25H54N2O2S. The molecule has 0 radical (unpaired) electrons. The van der Waals surface area contributed by atoms with Crippen molar-refractivity contribution in [3.63, 3.8) is 0 Å². The first-order valence-electron chi connectivity index (χ1n) is 12.8. The molecule has 0 rings (SSSR count). The Morgan fingerprint density at radius 2 is 1.20 bits per heavy atom. The van der Waals surface area contributed by atoms with Crippen LogP contribution in [0, 0.1) is 0 Å². The van der Waals surface area contributed by atoms with Gasteiger partial charge in [-0.3, -0.25) is 4.79 Å². The van der Waals surface area contributed by atoms with Gasteiger partial charge in [-0.15, -0.1) is 0 Å². The van der Waals surface area contributed by atoms with E-state index < -0.39 is 5.97 Å². The molecule has 30 heavy (non-hydrogen) atoms. The van der Waals surface area contributed by atoms with Gasteiger partial charge >= 0.3 is 5.97 Å². The maximum Gasteiger partial charge on any atom is 0.320 e. The fourth-order valence-electron chi connectivity index (χ4n) is 3.17. The second kappa shape index (κ2) is 28.7. The van der Waals surface area contributed by atoms with Crippen LogP contribution in [0.2, 0.25) is 0 Å². The van der Waals surface area contributed by atoms with E-state index in [2.05, 4.69) is 31.4 Å². The lowest BCUT2D eigenvalue weighted by Gasteiger charge is -2.13. The number of carboxylic acid groups (broad SMARTS) is 1. The van der Waals surface area contributed by atoms with Crippen LogP contribution in [0.25, 0.3) is 0 Å². The zero-order valence-electron chi connectivity index (χ0n) is 20.8. The minimum Gasteiger partial charge on any atom is -0.480 e. The minimum absolute atomic E-state index is 0.365. The van der Waals surface area contributed by atoms with E-state index in [9.17, 15) is 4.79 Å². The van der Waals surface area contributed by atoms with Gasteiger partial charge in [-0.05, 0) is 57.3 Å². The number of rotatable bonds is 22. The number of aliphatic carboxylic acids is 1. The first kappa shape index (κ1) is 31.9. The van der Waals surface area contributed by atoms with Crippen LogP contribution in [-0.2, 0) is 4.79 Å². The Kier molecular flexibility index (Phi) is 30.6. The molecule has 0 aromatic rings. The molecule has 1 atom stereocenters. The van der Waals surface area contributed by atoms with E-state index in [1.807, 2.05) is 6.26 Å². The zero-order chi connectivity index (χ0) is 22.7. The number of unbranched alkanes of at least 4 members (excludes halogenated alkanes) is 11. The maximum atomic E-state index is 11.0. The van der Waals surface area contributed by atoms with E-state index in [0.717, 1.165) is 18.7 Å². The average molecular weight is 447 g/mol. The molecule has 0 unspecified atom stereocenters. The van der Waals surface area contributed by atoms with Crippen molar-refractivity contribution < 1.29 is 9.90 Å². The van der Waals surface area contributed by atoms with Crippen LogP contribution in [-0.4, -0.2) is 48.8 Å². The van der Waals surface area contributed by atoms with Gasteiger partial charge in [0, 0.05) is 0 Å². The van der Waals surface area contributed by atoms with Crippen molar-refractivity contribution in [2.75, 3.05) is 31.6 Å². The molecule has 0 aliphatic rings. The lowest BCUT2D eigenvalue weighted by molar-refractivity contribution is -0.139. The molecule has 0 aromatic carbocycles. The summed E-state index contributed by atoms with van der Waals surface area (Å²) >= 11 is 1.70. The van der Waals surface area contributed by atoms with Crippen LogP contribution in [0.4, 0.5) is 0 Å². The van der Waals surface area contributed by atoms with Crippen LogP contribution >= 0.6 is 11.8 Å². The summed E-state index contributed by atoms with van der Waals surface area (Å²) in [6, 6.07) is -0.365. The first-order chi connectivity index (χ1) is 14.6. The Hall–Kier alpha value is -0.260. The lowest BCUT2D eigenvalue weighted by Crippen LogP contribution is -2.37. The number of hydrogen-bond donors (Lipinski definition) is 3. The van der Waals surface area contributed by atoms with E-state index in [-0.39, 0.29) is 6.04 Å². The predicted octanol–water partition coefficient (Wildman–Crippen LogP) is 6.88. The van der Waals surface area contributed by atoms with E-state index in [0.29, 0.717) is 6.42 Å². The number of carbonyl (C=O) groups is 1. The monoisotopic (exact) mass is 446 g/mol. The van der Waals surface area contributed by atoms with Gasteiger partial charge in [0.05, 0.1) is 0 Å². The molecule has 0 aliphatic carbocycles. The molecule has 4 nitrogen and oxygen atoms in total. The Balaban J connectivity index is 0. The second-order valence-electron chi connectivity index (χ2n) is 8.27. The largest absolute Gasteiger partial charge is 0.480 e. The normalized spacial score (nSPS) is 11.7. The summed E-state index contributed by atoms with van der Waals surface area (Å²) in [6.45, 7) is 9.95. The molecule has 0 fully saturated rings. The van der Waals surface area contributed by atoms with Crippen molar-refractivity contribution in [1.29, 1.82) is 0 Å². The van der Waals surface area contributed by atoms with Crippen LogP contribution in [0.3, 0.4) is 0 Å². The van der Waals surface area contributed by atoms with Crippen LogP contribution in [0.15, 0.2) is 0 Å². The van der Waals surface area contributed by atoms with Crippen molar-refractivity contribution in [3.05, 3.63) is 0 Å². The Morgan fingerprint density at radius 3 is 1.63 bits per heavy atom. The average Bonchev–Trinajstić information content (AvgIpc) is 2.74. The SMILES string of the molecule is CCCCCCCCCCCCN[C@@H](CCSC)C(=O)O.CCCCNCCCC. The molecule has 3 N–H and O–H groups in total. The summed E-state index contributed by atoms with van der Waals surface area (Å²) in [4.78, 5) is 11.0. The molecule has 0 saturated heterocycles. The summed E-state index contributed by atoms with van der Waals surface area (Å²) in [6.07, 6.45) is 21.2. The van der Waals surface area contributed by atoms with Gasteiger partial charge in [-0.1, -0.05) is 91.4 Å². The minimum atomic E-state index is -0.712. The highest BCUT2D eigenvalue weighted by molar-refractivity contribution is 7.98. The summed E-state index contributed by atoms with van der Waals surface area (Å²) in [5, 5.41) is 15.6. The third-order valence-electron chi connectivity index (χ3n) is 5.24. The highest BCUT2D eigenvalue weighted by Gasteiger charge is 2.15. The van der Waals surface area contributed by atoms with Gasteiger partial charge in [-0.2, -0.15) is 11.8 Å². The Bertz CT molecular complexity index is 324. The van der Waals surface area contributed by atoms with Crippen LogP contribution < -0.4 is 10.6 Å². The fourth-order valence-corrected chi connectivity index (χ4v) is 3.64. The molecular weight excluding hydrogens is 392 g/mol. The molecule has 0 saturated carbocycles. The molecule has 0 bridgehead atoms. The van der Waals surface area contributed by atoms with Crippen molar-refractivity contribution in [3.8, 4) is 0 Å². The van der Waals surface area contributed by atoms with Gasteiger partial charge in [0.2, 0.25) is 0 Å². The van der Waals surface area contributed by atoms with Gasteiger partial charge < -0.3 is 15.7 Å². The van der Waals surface area contributed by atoms with E-state index in [1.54, 1.807) is 11.8 Å². The highest BCUT2D eigenvalue weighted by atomic mass is 32.2. The number of nitrogens with one attached hydrogen (secondary N) is 2. The third kappa shape index (κ3) is 27.7. The van der Waals surface area contributed by atoms with Crippen molar-refractivity contribution in [1.82, 2.24) is 10.6 Å². The van der Waals surface area contributed by atoms with Crippen LogP contribution in [0.5, 0.6) is 0 Å². The number of hydrogen-bond acceptors (Lipinski definition) is 4. The molecule has 0 spiro atoms. The number of thioether (sulfide) groups is 1. The topological polar surface area (TPSA) is 61.4 Å². The highest BCUT2D eigenvalue weighted by Crippen LogP contribution is 2.10. The molecule has 0 aliphatic heterocycles. The van der Waals surface area contributed by atoms with E-state index in [4.69, 9.17) is 5.11 Å². The molecule has 0 heterocycles. The molecule has 0 amide bonds. The summed E-state index contributed by atoms with van der Waals surface area (Å²) in [5.74, 6) is 0.193. The van der Waals surface area contributed by atoms with E-state index in [1.165, 1.54) is 96.6 Å². The van der Waals surface area contributed by atoms with Crippen molar-refractivity contribution in [2.45, 2.75) is 123 Å². The standard InChI is InChI=1S/C17H35NO2S.C8H19N/c1-3-4-5-6-7-8-9-10-11-12-14-18-16(17(19)20)13-15-21-2;1-3-5-7-9-8-6-4-2/h16,18H,3-15H2,1-2H3,(H,19,20);9H,3-8H2,1-2H3/t16-;/m0./s1. The quantitative estimate of drug-likeness (QED) is 0.158. The smallest absolute Gasteiger partial charge is 0.320 e. The van der Waals surface area contributed by atoms with Gasteiger partial charge in [0.1, 0.15) is 6.04 Å². The summed E-state index contributed by atoms with van der Waals surface area (Å²) in [7, 11) is 0. The Morgan fingerprint density at radius 1 is 0.733 bits per heavy atom. The predicted molar refractivity (Wildman–Crippen MR) is 137 cm³/mol. The van der Waals surface area contributed by atoms with Gasteiger partial charge in [0.25, 0.3) is 0 Å². The molecule has 5 heteroatoms. The third-order valence-corrected chi connectivity index (χ3v) is 5.89. The van der Waals surface area contributed by atoms with E-state index >= 15 is 0 Å². The van der Waals surface area contributed by atoms with Crippen LogP contribution in [0.1, 0.15) is 117 Å². The van der Waals surface area contributed by atoms with Crippen molar-refractivity contribution in [2.24, 2.45) is 0 Å². The Labute approximate surface area is 193 Å². The lowest BCUT2D eigenvalue weighted by atomic mass is 10.1. The van der Waals surface area contributed by atoms with Crippen molar-refractivity contribution >= 4 is 17.7 Å². The fraction of sp³-hybridized carbons (Fsp3) is 0.960. The first-order valence-corrected chi connectivity index (χ1v) is 14.2. The van der Waals surface area contributed by atoms with Gasteiger partial charge in [-0.25, -0.2) is 0 Å². The maximum absolute atomic E-state index is 11.0. The molecule has 0 aromatic heterocycles. The summed E-state index contributed by atoms with van der Waals surface area (Å²) < 4.78 is 0.